The molecule has 10 aromatic rings. The summed E-state index contributed by atoms with van der Waals surface area (Å²) in [5.41, 5.74) is 18.0. The number of benzene rings is 7. The van der Waals surface area contributed by atoms with E-state index >= 15 is 0 Å². The van der Waals surface area contributed by atoms with E-state index in [1.165, 1.54) is 57.8 Å². The molecular weight excluding hydrogens is 931 g/mol. The maximum absolute atomic E-state index is 6.05. The fraction of sp³-hybridized carbons (Fsp3) is 0.333. The largest absolute Gasteiger partial charge is 0.494 e. The standard InChI is InChI=1S/C63H69N9O3/c1-7-10-13-16-37-73-52-28-22-49(23-29-52)70-58-34-19-46(40-55(58)64-67-70)61-43(4)62(47-20-35-59-56(41-47)65-68-71(59)50-24-30-53(31-25-50)74-38-17-14-11-8-2)45(6)63(44(61)5)48-21-36-60-57(42-48)66-69-72(60)51-26-32-54(33-27-51)75-39-18-15-12-9-3/h19-36,40-42H,7-18,37-39H2,1-6H3. The number of hydrogen-bond donors (Lipinski definition) is 0. The minimum absolute atomic E-state index is 0.720. The van der Waals surface area contributed by atoms with Crippen molar-refractivity contribution in [2.24, 2.45) is 0 Å². The zero-order valence-electron chi connectivity index (χ0n) is 44.5. The van der Waals surface area contributed by atoms with E-state index in [0.29, 0.717) is 0 Å². The third-order valence-corrected chi connectivity index (χ3v) is 14.5. The van der Waals surface area contributed by atoms with Crippen LogP contribution in [0.2, 0.25) is 0 Å². The maximum Gasteiger partial charge on any atom is 0.119 e. The first kappa shape index (κ1) is 50.7. The van der Waals surface area contributed by atoms with Crippen LogP contribution in [0.25, 0.3) is 83.5 Å². The van der Waals surface area contributed by atoms with Gasteiger partial charge in [-0.2, -0.15) is 0 Å². The smallest absolute Gasteiger partial charge is 0.119 e. The van der Waals surface area contributed by atoms with Crippen LogP contribution in [0, 0.1) is 20.8 Å². The van der Waals surface area contributed by atoms with E-state index in [9.17, 15) is 0 Å². The van der Waals surface area contributed by atoms with E-state index < -0.39 is 0 Å². The lowest BCUT2D eigenvalue weighted by atomic mass is 9.80. The third kappa shape index (κ3) is 11.0. The summed E-state index contributed by atoms with van der Waals surface area (Å²) in [6.07, 6.45) is 14.0. The molecule has 3 heterocycles. The van der Waals surface area contributed by atoms with Crippen LogP contribution in [-0.4, -0.2) is 64.8 Å². The van der Waals surface area contributed by atoms with Crippen molar-refractivity contribution in [3.63, 3.8) is 0 Å². The van der Waals surface area contributed by atoms with Crippen molar-refractivity contribution in [3.05, 3.63) is 144 Å². The highest BCUT2D eigenvalue weighted by Crippen LogP contribution is 2.45. The van der Waals surface area contributed by atoms with Crippen LogP contribution in [0.5, 0.6) is 17.2 Å². The average molecular weight is 1000 g/mol. The van der Waals surface area contributed by atoms with Crippen LogP contribution in [0.4, 0.5) is 0 Å². The molecule has 0 saturated heterocycles. The number of unbranched alkanes of at least 4 members (excludes halogenated alkanes) is 9. The Hall–Kier alpha value is -7.86. The predicted molar refractivity (Wildman–Crippen MR) is 303 cm³/mol. The SMILES string of the molecule is CCCCCCOc1ccc(-n2nnc3cc(-c4c(C)c(-c5ccc6c(c5)nnn6-c5ccc(OCCCCCC)cc5)c(C)c(-c5ccc6c(c5)nnn6-c5ccc(OCCCCCC)cc5)c4C)ccc32)cc1. The van der Waals surface area contributed by atoms with Gasteiger partial charge in [0.25, 0.3) is 0 Å². The van der Waals surface area contributed by atoms with Crippen LogP contribution in [-0.2, 0) is 0 Å². The van der Waals surface area contributed by atoms with Crippen molar-refractivity contribution in [3.8, 4) is 67.7 Å². The van der Waals surface area contributed by atoms with Crippen molar-refractivity contribution >= 4 is 33.1 Å². The second-order valence-corrected chi connectivity index (χ2v) is 19.8. The predicted octanol–water partition coefficient (Wildman–Crippen LogP) is 15.7. The summed E-state index contributed by atoms with van der Waals surface area (Å²) in [5, 5.41) is 28.2. The molecule has 384 valence electrons. The van der Waals surface area contributed by atoms with E-state index in [2.05, 4.69) is 112 Å². The van der Waals surface area contributed by atoms with Gasteiger partial charge < -0.3 is 14.2 Å². The molecule has 0 N–H and O–H groups in total. The van der Waals surface area contributed by atoms with E-state index in [4.69, 9.17) is 29.5 Å². The first-order valence-electron chi connectivity index (χ1n) is 27.2. The van der Waals surface area contributed by atoms with Crippen molar-refractivity contribution in [1.82, 2.24) is 45.0 Å². The van der Waals surface area contributed by atoms with E-state index in [0.717, 1.165) is 157 Å². The molecule has 0 fully saturated rings. The second-order valence-electron chi connectivity index (χ2n) is 19.8. The lowest BCUT2D eigenvalue weighted by Gasteiger charge is -2.23. The van der Waals surface area contributed by atoms with Crippen molar-refractivity contribution in [2.45, 2.75) is 119 Å². The summed E-state index contributed by atoms with van der Waals surface area (Å²) in [6, 6.07) is 43.9. The third-order valence-electron chi connectivity index (χ3n) is 14.5. The van der Waals surface area contributed by atoms with Crippen LogP contribution < -0.4 is 14.2 Å². The summed E-state index contributed by atoms with van der Waals surface area (Å²) in [7, 11) is 0. The molecule has 0 saturated carbocycles. The second kappa shape index (κ2) is 23.6. The molecule has 12 nitrogen and oxygen atoms in total. The zero-order chi connectivity index (χ0) is 51.7. The molecule has 0 radical (unpaired) electrons. The van der Waals surface area contributed by atoms with Gasteiger partial charge >= 0.3 is 0 Å². The monoisotopic (exact) mass is 1000 g/mol. The number of ether oxygens (including phenoxy) is 3. The lowest BCUT2D eigenvalue weighted by molar-refractivity contribution is 0.305. The first-order chi connectivity index (χ1) is 36.8. The molecule has 0 bridgehead atoms. The van der Waals surface area contributed by atoms with Gasteiger partial charge in [-0.15, -0.1) is 15.3 Å². The van der Waals surface area contributed by atoms with Crippen molar-refractivity contribution in [1.29, 1.82) is 0 Å². The van der Waals surface area contributed by atoms with Gasteiger partial charge in [-0.05, 0) is 199 Å². The number of nitrogens with zero attached hydrogens (tertiary/aromatic N) is 9. The molecular formula is C63H69N9O3. The summed E-state index contributed by atoms with van der Waals surface area (Å²) in [6.45, 7) is 15.5. The Morgan fingerprint density at radius 2 is 0.613 bits per heavy atom. The number of fused-ring (bicyclic) bond motifs is 3. The van der Waals surface area contributed by atoms with E-state index in [1.54, 1.807) is 0 Å². The normalized spacial score (nSPS) is 11.6. The molecule has 0 spiro atoms. The summed E-state index contributed by atoms with van der Waals surface area (Å²) >= 11 is 0. The molecule has 0 unspecified atom stereocenters. The first-order valence-corrected chi connectivity index (χ1v) is 27.2. The number of hydrogen-bond acceptors (Lipinski definition) is 9. The minimum Gasteiger partial charge on any atom is -0.494 e. The average Bonchev–Trinajstić information content (AvgIpc) is 4.18. The summed E-state index contributed by atoms with van der Waals surface area (Å²) < 4.78 is 23.8. The van der Waals surface area contributed by atoms with Gasteiger partial charge in [0, 0.05) is 0 Å². The molecule has 0 aliphatic heterocycles. The highest BCUT2D eigenvalue weighted by atomic mass is 16.5. The van der Waals surface area contributed by atoms with Crippen LogP contribution >= 0.6 is 0 Å². The Morgan fingerprint density at radius 3 is 0.880 bits per heavy atom. The molecule has 0 aliphatic carbocycles. The van der Waals surface area contributed by atoms with Gasteiger partial charge in [0.15, 0.2) is 0 Å². The van der Waals surface area contributed by atoms with Gasteiger partial charge in [-0.3, -0.25) is 0 Å². The molecule has 0 aliphatic rings. The molecule has 10 rings (SSSR count). The molecule has 7 aromatic carbocycles. The fourth-order valence-corrected chi connectivity index (χ4v) is 10.5. The van der Waals surface area contributed by atoms with E-state index in [-0.39, 0.29) is 0 Å². The van der Waals surface area contributed by atoms with Gasteiger partial charge in [-0.1, -0.05) is 112 Å². The summed E-state index contributed by atoms with van der Waals surface area (Å²) in [4.78, 5) is 0. The fourth-order valence-electron chi connectivity index (χ4n) is 10.5. The molecule has 75 heavy (non-hydrogen) atoms. The summed E-state index contributed by atoms with van der Waals surface area (Å²) in [5.74, 6) is 2.58. The maximum atomic E-state index is 6.05. The van der Waals surface area contributed by atoms with Crippen LogP contribution in [0.1, 0.15) is 115 Å². The van der Waals surface area contributed by atoms with Gasteiger partial charge in [0.05, 0.1) is 53.4 Å². The van der Waals surface area contributed by atoms with Crippen molar-refractivity contribution in [2.75, 3.05) is 19.8 Å². The topological polar surface area (TPSA) is 120 Å². The zero-order valence-corrected chi connectivity index (χ0v) is 44.5. The Kier molecular flexibility index (Phi) is 15.9. The number of aromatic nitrogens is 9. The Balaban J connectivity index is 1.00. The molecule has 0 amide bonds. The van der Waals surface area contributed by atoms with Gasteiger partial charge in [0.1, 0.15) is 33.8 Å². The van der Waals surface area contributed by atoms with Crippen LogP contribution in [0.3, 0.4) is 0 Å². The van der Waals surface area contributed by atoms with Gasteiger partial charge in [-0.25, -0.2) is 14.0 Å². The van der Waals surface area contributed by atoms with Crippen LogP contribution in [0.15, 0.2) is 127 Å². The molecule has 0 atom stereocenters. The molecule has 3 aromatic heterocycles. The quantitative estimate of drug-likeness (QED) is 0.0545. The van der Waals surface area contributed by atoms with Crippen molar-refractivity contribution < 1.29 is 14.2 Å². The highest BCUT2D eigenvalue weighted by Gasteiger charge is 2.23. The Morgan fingerprint density at radius 1 is 0.333 bits per heavy atom. The molecule has 12 heteroatoms. The lowest BCUT2D eigenvalue weighted by Crippen LogP contribution is -2.01. The highest BCUT2D eigenvalue weighted by molar-refractivity contribution is 5.96. The minimum atomic E-state index is 0.720. The van der Waals surface area contributed by atoms with E-state index in [1.807, 2.05) is 86.8 Å². The Bertz CT molecular complexity index is 3130. The Labute approximate surface area is 440 Å². The van der Waals surface area contributed by atoms with Gasteiger partial charge in [0.2, 0.25) is 0 Å². The number of rotatable bonds is 24.